The lowest BCUT2D eigenvalue weighted by atomic mass is 9.54. The Kier molecular flexibility index (Phi) is 1.62. The van der Waals surface area contributed by atoms with E-state index in [0.29, 0.717) is 29.8 Å². The lowest BCUT2D eigenvalue weighted by Crippen LogP contribution is -2.57. The van der Waals surface area contributed by atoms with Gasteiger partial charge in [-0.1, -0.05) is 30.3 Å². The highest BCUT2D eigenvalue weighted by atomic mass is 16.5. The smallest absolute Gasteiger partial charge is 0.0965 e. The van der Waals surface area contributed by atoms with Crippen molar-refractivity contribution in [2.45, 2.75) is 18.1 Å². The van der Waals surface area contributed by atoms with Crippen LogP contribution in [0.1, 0.15) is 12.0 Å². The van der Waals surface area contributed by atoms with Gasteiger partial charge in [0.1, 0.15) is 0 Å². The Morgan fingerprint density at radius 1 is 1.00 bits per heavy atom. The summed E-state index contributed by atoms with van der Waals surface area (Å²) in [5.41, 5.74) is 0.621. The van der Waals surface area contributed by atoms with Gasteiger partial charge in [0, 0.05) is 18.9 Å². The van der Waals surface area contributed by atoms with Crippen molar-refractivity contribution >= 4 is 0 Å². The van der Waals surface area contributed by atoms with Crippen molar-refractivity contribution in [2.24, 2.45) is 47.3 Å². The second-order valence-electron chi connectivity index (χ2n) is 7.82. The number of hydrogen-bond acceptors (Lipinski definition) is 2. The minimum Gasteiger partial charge on any atom is -0.385 e. The zero-order valence-electron chi connectivity index (χ0n) is 11.6. The van der Waals surface area contributed by atoms with Crippen molar-refractivity contribution < 1.29 is 9.84 Å². The van der Waals surface area contributed by atoms with Crippen LogP contribution < -0.4 is 0 Å². The van der Waals surface area contributed by atoms with Crippen molar-refractivity contribution in [1.82, 2.24) is 0 Å². The van der Waals surface area contributed by atoms with Gasteiger partial charge in [0.05, 0.1) is 11.7 Å². The first-order valence-electron chi connectivity index (χ1n) is 8.09. The Morgan fingerprint density at radius 2 is 1.80 bits per heavy atom. The molecular weight excluding hydrogens is 248 g/mol. The zero-order chi connectivity index (χ0) is 13.2. The van der Waals surface area contributed by atoms with E-state index in [0.717, 1.165) is 23.7 Å². The molecule has 0 heterocycles. The minimum atomic E-state index is -0.553. The summed E-state index contributed by atoms with van der Waals surface area (Å²) in [7, 11) is 1.89. The van der Waals surface area contributed by atoms with Gasteiger partial charge in [-0.05, 0) is 47.5 Å². The third kappa shape index (κ3) is 0.791. The normalized spacial score (nSPS) is 63.2. The lowest BCUT2D eigenvalue weighted by Gasteiger charge is -2.54. The standard InChI is InChI=1S/C18H20O2/c1-20-17-13-9-7-10-12-11(9)14(17)16(12)18(19,15(10)13)8-5-3-2-4-6-8/h2-6,9-17,19H,7H2,1H3/t9-,10+,11-,12+,13+,14-,15-,16+,17+,18+/m1/s1. The molecule has 5 aliphatic rings. The molecule has 1 aromatic carbocycles. The molecule has 104 valence electrons. The van der Waals surface area contributed by atoms with Crippen LogP contribution in [-0.4, -0.2) is 18.3 Å². The highest BCUT2D eigenvalue weighted by molar-refractivity contribution is 5.40. The summed E-state index contributed by atoms with van der Waals surface area (Å²) in [5, 5.41) is 11.7. The van der Waals surface area contributed by atoms with Crippen LogP contribution in [-0.2, 0) is 10.3 Å². The average Bonchev–Trinajstić information content (AvgIpc) is 2.98. The van der Waals surface area contributed by atoms with Crippen LogP contribution in [0.25, 0.3) is 0 Å². The maximum Gasteiger partial charge on any atom is 0.0965 e. The topological polar surface area (TPSA) is 29.5 Å². The first-order valence-corrected chi connectivity index (χ1v) is 8.09. The van der Waals surface area contributed by atoms with Crippen LogP contribution in [0.5, 0.6) is 0 Å². The van der Waals surface area contributed by atoms with Crippen molar-refractivity contribution in [2.75, 3.05) is 7.11 Å². The molecule has 20 heavy (non-hydrogen) atoms. The second-order valence-corrected chi connectivity index (χ2v) is 7.82. The summed E-state index contributed by atoms with van der Waals surface area (Å²) in [5.74, 6) is 5.52. The van der Waals surface area contributed by atoms with E-state index >= 15 is 0 Å². The highest BCUT2D eigenvalue weighted by Gasteiger charge is 2.87. The monoisotopic (exact) mass is 268 g/mol. The highest BCUT2D eigenvalue weighted by Crippen LogP contribution is 2.87. The average molecular weight is 268 g/mol. The molecule has 5 fully saturated rings. The molecule has 2 heteroatoms. The van der Waals surface area contributed by atoms with Crippen molar-refractivity contribution in [3.05, 3.63) is 35.9 Å². The zero-order valence-corrected chi connectivity index (χ0v) is 11.6. The van der Waals surface area contributed by atoms with Gasteiger partial charge < -0.3 is 9.84 Å². The number of ether oxygens (including phenoxy) is 1. The van der Waals surface area contributed by atoms with Crippen LogP contribution in [0, 0.1) is 47.3 Å². The molecule has 6 rings (SSSR count). The number of fused-ring (bicyclic) bond motifs is 2. The van der Waals surface area contributed by atoms with Crippen LogP contribution >= 0.6 is 0 Å². The van der Waals surface area contributed by atoms with E-state index in [4.69, 9.17) is 4.74 Å². The maximum atomic E-state index is 11.7. The number of aliphatic hydroxyl groups is 1. The number of rotatable bonds is 2. The number of benzene rings is 1. The molecule has 0 spiro atoms. The Labute approximate surface area is 119 Å². The predicted molar refractivity (Wildman–Crippen MR) is 73.7 cm³/mol. The van der Waals surface area contributed by atoms with Crippen LogP contribution in [0.15, 0.2) is 30.3 Å². The summed E-state index contributed by atoms with van der Waals surface area (Å²) in [6.45, 7) is 0. The number of hydrogen-bond donors (Lipinski definition) is 1. The fourth-order valence-corrected chi connectivity index (χ4v) is 7.91. The van der Waals surface area contributed by atoms with Crippen molar-refractivity contribution in [3.8, 4) is 0 Å². The van der Waals surface area contributed by atoms with Gasteiger partial charge in [0.2, 0.25) is 0 Å². The van der Waals surface area contributed by atoms with Crippen LogP contribution in [0.2, 0.25) is 0 Å². The molecule has 2 nitrogen and oxygen atoms in total. The third-order valence-electron chi connectivity index (χ3n) is 7.91. The lowest BCUT2D eigenvalue weighted by molar-refractivity contribution is -0.183. The number of methoxy groups -OCH3 is 1. The quantitative estimate of drug-likeness (QED) is 0.891. The van der Waals surface area contributed by atoms with E-state index in [1.807, 2.05) is 7.11 Å². The Balaban J connectivity index is 1.58. The summed E-state index contributed by atoms with van der Waals surface area (Å²) in [4.78, 5) is 0. The maximum absolute atomic E-state index is 11.7. The molecule has 5 aliphatic carbocycles. The van der Waals surface area contributed by atoms with E-state index in [2.05, 4.69) is 30.3 Å². The first-order chi connectivity index (χ1) is 9.78. The van der Waals surface area contributed by atoms with Crippen LogP contribution in [0.4, 0.5) is 0 Å². The minimum absolute atomic E-state index is 0.438. The molecule has 0 aliphatic heterocycles. The Bertz CT molecular complexity index is 599. The SMILES string of the molecule is CO[C@@H]1[C@@H]2[C@@H]3[C@H]4C[C@H]5[C@@H]3[C@@H]2[C@](O)(c2ccccc2)[C@H]5[C@H]41. The summed E-state index contributed by atoms with van der Waals surface area (Å²) < 4.78 is 5.89. The molecule has 0 radical (unpaired) electrons. The molecule has 10 atom stereocenters. The molecule has 0 saturated heterocycles. The van der Waals surface area contributed by atoms with Gasteiger partial charge in [-0.25, -0.2) is 0 Å². The van der Waals surface area contributed by atoms with E-state index in [-0.39, 0.29) is 0 Å². The fourth-order valence-electron chi connectivity index (χ4n) is 7.91. The van der Waals surface area contributed by atoms with Crippen LogP contribution in [0.3, 0.4) is 0 Å². The van der Waals surface area contributed by atoms with E-state index in [9.17, 15) is 5.11 Å². The van der Waals surface area contributed by atoms with E-state index in [1.165, 1.54) is 12.0 Å². The van der Waals surface area contributed by atoms with Gasteiger partial charge in [0.15, 0.2) is 0 Å². The largest absolute Gasteiger partial charge is 0.385 e. The second kappa shape index (κ2) is 3.00. The summed E-state index contributed by atoms with van der Waals surface area (Å²) >= 11 is 0. The molecule has 1 N–H and O–H groups in total. The third-order valence-corrected chi connectivity index (χ3v) is 7.91. The van der Waals surface area contributed by atoms with Gasteiger partial charge >= 0.3 is 0 Å². The molecule has 0 amide bonds. The molecule has 2 bridgehead atoms. The summed E-state index contributed by atoms with van der Waals surface area (Å²) in [6, 6.07) is 10.5. The fraction of sp³-hybridized carbons (Fsp3) is 0.667. The molecule has 0 aromatic heterocycles. The van der Waals surface area contributed by atoms with Crippen molar-refractivity contribution in [3.63, 3.8) is 0 Å². The molecule has 0 unspecified atom stereocenters. The predicted octanol–water partition coefficient (Wildman–Crippen LogP) is 2.28. The van der Waals surface area contributed by atoms with Gasteiger partial charge in [-0.2, -0.15) is 0 Å². The molecule has 1 aromatic rings. The van der Waals surface area contributed by atoms with Crippen molar-refractivity contribution in [1.29, 1.82) is 0 Å². The van der Waals surface area contributed by atoms with Gasteiger partial charge in [0.25, 0.3) is 0 Å². The Morgan fingerprint density at radius 3 is 2.55 bits per heavy atom. The van der Waals surface area contributed by atoms with Gasteiger partial charge in [-0.3, -0.25) is 0 Å². The van der Waals surface area contributed by atoms with E-state index in [1.54, 1.807) is 0 Å². The van der Waals surface area contributed by atoms with Gasteiger partial charge in [-0.15, -0.1) is 0 Å². The summed E-state index contributed by atoms with van der Waals surface area (Å²) in [6.07, 6.45) is 1.81. The Hall–Kier alpha value is -0.860. The molecule has 5 saturated carbocycles. The van der Waals surface area contributed by atoms with E-state index < -0.39 is 5.60 Å². The first kappa shape index (κ1) is 10.8. The molecular formula is C18H20O2.